The quantitative estimate of drug-likeness (QED) is 0.685. The molecule has 10 heteroatoms. The molecule has 23 heavy (non-hydrogen) atoms. The summed E-state index contributed by atoms with van der Waals surface area (Å²) in [5.74, 6) is -1.10. The van der Waals surface area contributed by atoms with E-state index in [-0.39, 0.29) is 21.3 Å². The molecule has 0 fully saturated rings. The SMILES string of the molecule is Cc1c(C(=O)Nc2nnc(C(F)(F)F)s2)sc2cccc(F)c12. The first-order chi connectivity index (χ1) is 10.8. The highest BCUT2D eigenvalue weighted by molar-refractivity contribution is 7.21. The number of nitrogens with one attached hydrogen (secondary N) is 1. The van der Waals surface area contributed by atoms with E-state index in [2.05, 4.69) is 15.5 Å². The predicted octanol–water partition coefficient (Wildman–Crippen LogP) is 4.47. The first-order valence-corrected chi connectivity index (χ1v) is 7.80. The zero-order valence-corrected chi connectivity index (χ0v) is 13.0. The summed E-state index contributed by atoms with van der Waals surface area (Å²) in [7, 11) is 0. The van der Waals surface area contributed by atoms with E-state index < -0.39 is 22.9 Å². The number of fused-ring (bicyclic) bond motifs is 1. The number of hydrogen-bond donors (Lipinski definition) is 1. The van der Waals surface area contributed by atoms with Gasteiger partial charge in [-0.05, 0) is 24.6 Å². The topological polar surface area (TPSA) is 54.9 Å². The second-order valence-electron chi connectivity index (χ2n) is 4.53. The van der Waals surface area contributed by atoms with Gasteiger partial charge in [0.15, 0.2) is 0 Å². The number of carbonyl (C=O) groups excluding carboxylic acids is 1. The van der Waals surface area contributed by atoms with Crippen LogP contribution in [0.25, 0.3) is 10.1 Å². The van der Waals surface area contributed by atoms with Crippen LogP contribution in [0.1, 0.15) is 20.2 Å². The van der Waals surface area contributed by atoms with Crippen LogP contribution in [0.3, 0.4) is 0 Å². The van der Waals surface area contributed by atoms with Crippen molar-refractivity contribution in [2.24, 2.45) is 0 Å². The second-order valence-corrected chi connectivity index (χ2v) is 6.56. The highest BCUT2D eigenvalue weighted by Crippen LogP contribution is 2.35. The van der Waals surface area contributed by atoms with Crippen molar-refractivity contribution < 1.29 is 22.4 Å². The zero-order valence-electron chi connectivity index (χ0n) is 11.4. The Bertz CT molecular complexity index is 900. The molecule has 4 nitrogen and oxygen atoms in total. The molecule has 1 aromatic carbocycles. The van der Waals surface area contributed by atoms with Gasteiger partial charge in [-0.2, -0.15) is 13.2 Å². The minimum atomic E-state index is -4.61. The van der Waals surface area contributed by atoms with Crippen molar-refractivity contribution in [3.8, 4) is 0 Å². The summed E-state index contributed by atoms with van der Waals surface area (Å²) in [4.78, 5) is 12.4. The number of benzene rings is 1. The van der Waals surface area contributed by atoms with Crippen LogP contribution in [-0.2, 0) is 6.18 Å². The maximum Gasteiger partial charge on any atom is 0.445 e. The molecule has 0 saturated carbocycles. The van der Waals surface area contributed by atoms with Gasteiger partial charge in [-0.1, -0.05) is 17.4 Å². The van der Waals surface area contributed by atoms with E-state index in [1.807, 2.05) is 0 Å². The Balaban J connectivity index is 1.91. The molecule has 1 N–H and O–H groups in total. The number of halogens is 4. The molecular formula is C13H7F4N3OS2. The van der Waals surface area contributed by atoms with Gasteiger partial charge >= 0.3 is 6.18 Å². The van der Waals surface area contributed by atoms with E-state index in [1.165, 1.54) is 12.1 Å². The van der Waals surface area contributed by atoms with E-state index in [1.54, 1.807) is 13.0 Å². The minimum Gasteiger partial charge on any atom is -0.296 e. The largest absolute Gasteiger partial charge is 0.445 e. The molecule has 0 saturated heterocycles. The molecule has 0 aliphatic rings. The maximum absolute atomic E-state index is 13.8. The van der Waals surface area contributed by atoms with Crippen LogP contribution in [0, 0.1) is 12.7 Å². The van der Waals surface area contributed by atoms with Crippen LogP contribution < -0.4 is 5.32 Å². The van der Waals surface area contributed by atoms with Crippen LogP contribution >= 0.6 is 22.7 Å². The Morgan fingerprint density at radius 2 is 1.96 bits per heavy atom. The first-order valence-electron chi connectivity index (χ1n) is 6.17. The average Bonchev–Trinajstić information content (AvgIpc) is 3.04. The lowest BCUT2D eigenvalue weighted by atomic mass is 10.1. The number of carbonyl (C=O) groups is 1. The Labute approximate surface area is 134 Å². The smallest absolute Gasteiger partial charge is 0.296 e. The molecule has 0 spiro atoms. The molecule has 3 aromatic rings. The van der Waals surface area contributed by atoms with E-state index in [0.717, 1.165) is 11.3 Å². The number of hydrogen-bond acceptors (Lipinski definition) is 5. The molecule has 0 bridgehead atoms. The monoisotopic (exact) mass is 361 g/mol. The lowest BCUT2D eigenvalue weighted by molar-refractivity contribution is -0.138. The van der Waals surface area contributed by atoms with Gasteiger partial charge in [-0.3, -0.25) is 10.1 Å². The molecule has 0 unspecified atom stereocenters. The van der Waals surface area contributed by atoms with Gasteiger partial charge in [0.2, 0.25) is 10.1 Å². The second kappa shape index (κ2) is 5.53. The van der Waals surface area contributed by atoms with E-state index in [4.69, 9.17) is 0 Å². The van der Waals surface area contributed by atoms with E-state index in [0.29, 0.717) is 15.6 Å². The highest BCUT2D eigenvalue weighted by Gasteiger charge is 2.36. The molecular weight excluding hydrogens is 354 g/mol. The van der Waals surface area contributed by atoms with Crippen LogP contribution in [0.2, 0.25) is 0 Å². The zero-order chi connectivity index (χ0) is 16.8. The fourth-order valence-corrected chi connectivity index (χ4v) is 3.74. The highest BCUT2D eigenvalue weighted by atomic mass is 32.1. The molecule has 2 heterocycles. The standard InChI is InChI=1S/C13H7F4N3OS2/c1-5-8-6(14)3-2-4-7(8)22-9(5)10(21)18-12-20-19-11(23-12)13(15,16)17/h2-4H,1H3,(H,18,20,21). The Hall–Kier alpha value is -2.07. The number of amides is 1. The lowest BCUT2D eigenvalue weighted by Crippen LogP contribution is -2.11. The summed E-state index contributed by atoms with van der Waals surface area (Å²) >= 11 is 1.29. The van der Waals surface area contributed by atoms with Gasteiger partial charge in [-0.15, -0.1) is 21.5 Å². The molecule has 0 atom stereocenters. The number of anilines is 1. The van der Waals surface area contributed by atoms with Crippen LogP contribution in [0.15, 0.2) is 18.2 Å². The molecule has 0 aliphatic carbocycles. The van der Waals surface area contributed by atoms with Crippen LogP contribution in [0.5, 0.6) is 0 Å². The minimum absolute atomic E-state index is 0.217. The van der Waals surface area contributed by atoms with Gasteiger partial charge < -0.3 is 0 Å². The van der Waals surface area contributed by atoms with E-state index in [9.17, 15) is 22.4 Å². The summed E-state index contributed by atoms with van der Waals surface area (Å²) in [6.07, 6.45) is -4.61. The molecule has 0 aliphatic heterocycles. The van der Waals surface area contributed by atoms with Crippen molar-refractivity contribution in [1.29, 1.82) is 0 Å². The third-order valence-electron chi connectivity index (χ3n) is 3.00. The number of aromatic nitrogens is 2. The number of alkyl halides is 3. The molecule has 0 radical (unpaired) electrons. The molecule has 1 amide bonds. The van der Waals surface area contributed by atoms with Crippen molar-refractivity contribution in [1.82, 2.24) is 10.2 Å². The fraction of sp³-hybridized carbons (Fsp3) is 0.154. The molecule has 120 valence electrons. The Morgan fingerprint density at radius 1 is 1.22 bits per heavy atom. The molecule has 3 rings (SSSR count). The van der Waals surface area contributed by atoms with Crippen LogP contribution in [-0.4, -0.2) is 16.1 Å². The Morgan fingerprint density at radius 3 is 2.57 bits per heavy atom. The van der Waals surface area contributed by atoms with Gasteiger partial charge in [0.25, 0.3) is 5.91 Å². The number of aryl methyl sites for hydroxylation is 1. The summed E-state index contributed by atoms with van der Waals surface area (Å²) in [6.45, 7) is 1.58. The van der Waals surface area contributed by atoms with Crippen molar-refractivity contribution >= 4 is 43.8 Å². The summed E-state index contributed by atoms with van der Waals surface area (Å²) < 4.78 is 51.8. The third kappa shape index (κ3) is 2.91. The van der Waals surface area contributed by atoms with Gasteiger partial charge in [0.1, 0.15) is 5.82 Å². The fourth-order valence-electron chi connectivity index (χ4n) is 2.01. The van der Waals surface area contributed by atoms with Crippen molar-refractivity contribution in [3.63, 3.8) is 0 Å². The van der Waals surface area contributed by atoms with Crippen LogP contribution in [0.4, 0.5) is 22.7 Å². The molecule has 2 aromatic heterocycles. The van der Waals surface area contributed by atoms with Gasteiger partial charge in [0, 0.05) is 10.1 Å². The number of nitrogens with zero attached hydrogens (tertiary/aromatic N) is 2. The predicted molar refractivity (Wildman–Crippen MR) is 79.4 cm³/mol. The summed E-state index contributed by atoms with van der Waals surface area (Å²) in [5, 5.41) is 7.47. The number of rotatable bonds is 2. The van der Waals surface area contributed by atoms with Crippen molar-refractivity contribution in [2.45, 2.75) is 13.1 Å². The summed E-state index contributed by atoms with van der Waals surface area (Å²) in [5.41, 5.74) is 0.432. The first kappa shape index (κ1) is 15.8. The normalized spacial score (nSPS) is 11.9. The maximum atomic E-state index is 13.8. The number of thiophene rings is 1. The van der Waals surface area contributed by atoms with Gasteiger partial charge in [-0.25, -0.2) is 4.39 Å². The third-order valence-corrected chi connectivity index (χ3v) is 5.14. The lowest BCUT2D eigenvalue weighted by Gasteiger charge is -2.00. The summed E-state index contributed by atoms with van der Waals surface area (Å²) in [6, 6.07) is 4.47. The average molecular weight is 361 g/mol. The van der Waals surface area contributed by atoms with Gasteiger partial charge in [0.05, 0.1) is 4.88 Å². The van der Waals surface area contributed by atoms with Crippen molar-refractivity contribution in [3.05, 3.63) is 39.5 Å². The Kier molecular flexibility index (Phi) is 3.80. The van der Waals surface area contributed by atoms with Crippen molar-refractivity contribution in [2.75, 3.05) is 5.32 Å². The van der Waals surface area contributed by atoms with E-state index >= 15 is 0 Å².